The number of sulfone groups is 1. The van der Waals surface area contributed by atoms with E-state index in [1.165, 1.54) is 49.6 Å². The third kappa shape index (κ3) is 3.07. The van der Waals surface area contributed by atoms with Crippen LogP contribution in [0.25, 0.3) is 0 Å². The second-order valence-corrected chi connectivity index (χ2v) is 12.0. The number of ketones is 1. The summed E-state index contributed by atoms with van der Waals surface area (Å²) in [7, 11) is -3.94. The number of carbonyl (C=O) groups excluding carboxylic acids is 3. The summed E-state index contributed by atoms with van der Waals surface area (Å²) in [5.41, 5.74) is 4.91. The van der Waals surface area contributed by atoms with E-state index in [1.54, 1.807) is 12.1 Å². The van der Waals surface area contributed by atoms with E-state index in [9.17, 15) is 22.8 Å². The monoisotopic (exact) mass is 464 g/mol. The fourth-order valence-electron chi connectivity index (χ4n) is 6.93. The van der Waals surface area contributed by atoms with Gasteiger partial charge in [-0.2, -0.15) is 0 Å². The number of hydrogen-bond acceptors (Lipinski definition) is 5. The highest BCUT2D eigenvalue weighted by molar-refractivity contribution is 7.91. The molecule has 8 heteroatoms. The maximum atomic E-state index is 13.1. The fraction of sp³-hybridized carbons (Fsp3) is 0.400. The van der Waals surface area contributed by atoms with Gasteiger partial charge in [-0.15, -0.1) is 0 Å². The van der Waals surface area contributed by atoms with Crippen LogP contribution < -0.4 is 10.9 Å². The summed E-state index contributed by atoms with van der Waals surface area (Å²) in [5, 5.41) is 0. The van der Waals surface area contributed by atoms with Crippen LogP contribution in [0.2, 0.25) is 0 Å². The van der Waals surface area contributed by atoms with Crippen LogP contribution in [0.4, 0.5) is 0 Å². The predicted molar refractivity (Wildman–Crippen MR) is 118 cm³/mol. The first kappa shape index (κ1) is 20.6. The lowest BCUT2D eigenvalue weighted by molar-refractivity contribution is -0.147. The van der Waals surface area contributed by atoms with Crippen molar-refractivity contribution in [2.45, 2.75) is 48.3 Å². The molecule has 0 unspecified atom stereocenters. The molecule has 33 heavy (non-hydrogen) atoms. The van der Waals surface area contributed by atoms with Crippen molar-refractivity contribution in [1.82, 2.24) is 10.9 Å². The Hall–Kier alpha value is -3.00. The predicted octanol–water partition coefficient (Wildman–Crippen LogP) is 3.04. The number of carbonyl (C=O) groups is 3. The number of hydrogen-bond donors (Lipinski definition) is 2. The molecular formula is C25H24N2O5S. The molecule has 2 aromatic rings. The smallest absolute Gasteiger partial charge is 0.269 e. The summed E-state index contributed by atoms with van der Waals surface area (Å²) in [6.07, 6.45) is 6.26. The van der Waals surface area contributed by atoms with Crippen LogP contribution in [0, 0.1) is 23.2 Å². The van der Waals surface area contributed by atoms with Gasteiger partial charge in [-0.1, -0.05) is 12.1 Å². The summed E-state index contributed by atoms with van der Waals surface area (Å²) in [6.45, 7) is 0. The SMILES string of the molecule is O=C(NNC(=O)C12CC3CC(CC(C3)C1)C2)c1ccc2c(c1)S(=O)(=O)c1ccccc1C2=O. The highest BCUT2D eigenvalue weighted by Gasteiger charge is 2.54. The molecule has 0 atom stereocenters. The number of rotatable bonds is 2. The summed E-state index contributed by atoms with van der Waals surface area (Å²) in [6, 6.07) is 10.0. The van der Waals surface area contributed by atoms with Gasteiger partial charge < -0.3 is 0 Å². The van der Waals surface area contributed by atoms with E-state index in [2.05, 4.69) is 10.9 Å². The van der Waals surface area contributed by atoms with Crippen molar-refractivity contribution >= 4 is 27.4 Å². The average molecular weight is 465 g/mol. The molecule has 0 spiro atoms. The highest BCUT2D eigenvalue weighted by Crippen LogP contribution is 2.60. The Balaban J connectivity index is 1.22. The van der Waals surface area contributed by atoms with Gasteiger partial charge in [-0.25, -0.2) is 8.42 Å². The number of benzene rings is 2. The van der Waals surface area contributed by atoms with E-state index in [1.807, 2.05) is 0 Å². The minimum absolute atomic E-state index is 0.0443. The van der Waals surface area contributed by atoms with Gasteiger partial charge in [0.1, 0.15) is 0 Å². The average Bonchev–Trinajstić information content (AvgIpc) is 2.80. The minimum Gasteiger partial charge on any atom is -0.289 e. The molecule has 5 aliphatic rings. The summed E-state index contributed by atoms with van der Waals surface area (Å²) in [4.78, 5) is 38.4. The molecule has 2 N–H and O–H groups in total. The van der Waals surface area contributed by atoms with Gasteiger partial charge in [0.15, 0.2) is 5.78 Å². The molecule has 4 bridgehead atoms. The van der Waals surface area contributed by atoms with Gasteiger partial charge in [-0.05, 0) is 86.6 Å². The first-order valence-electron chi connectivity index (χ1n) is 11.4. The van der Waals surface area contributed by atoms with Crippen LogP contribution in [0.15, 0.2) is 52.3 Å². The molecule has 4 fully saturated rings. The van der Waals surface area contributed by atoms with Gasteiger partial charge >= 0.3 is 0 Å². The van der Waals surface area contributed by atoms with Crippen LogP contribution in [0.3, 0.4) is 0 Å². The lowest BCUT2D eigenvalue weighted by Crippen LogP contribution is -2.56. The molecule has 7 nitrogen and oxygen atoms in total. The number of amides is 2. The topological polar surface area (TPSA) is 109 Å². The van der Waals surface area contributed by atoms with Crippen molar-refractivity contribution in [2.24, 2.45) is 23.2 Å². The highest BCUT2D eigenvalue weighted by atomic mass is 32.2. The van der Waals surface area contributed by atoms with Crippen LogP contribution in [-0.2, 0) is 14.6 Å². The van der Waals surface area contributed by atoms with Crippen LogP contribution in [0.5, 0.6) is 0 Å². The zero-order valence-electron chi connectivity index (χ0n) is 18.0. The molecule has 0 saturated heterocycles. The molecule has 0 aromatic heterocycles. The van der Waals surface area contributed by atoms with Gasteiger partial charge in [-0.3, -0.25) is 25.2 Å². The molecule has 4 saturated carbocycles. The Morgan fingerprint density at radius 1 is 0.818 bits per heavy atom. The molecule has 7 rings (SSSR count). The maximum absolute atomic E-state index is 13.1. The molecule has 2 amide bonds. The van der Waals surface area contributed by atoms with E-state index in [0.29, 0.717) is 17.8 Å². The second kappa shape index (κ2) is 7.00. The number of nitrogens with one attached hydrogen (secondary N) is 2. The molecule has 1 heterocycles. The van der Waals surface area contributed by atoms with Crippen molar-refractivity contribution in [1.29, 1.82) is 0 Å². The van der Waals surface area contributed by atoms with Crippen molar-refractivity contribution in [2.75, 3.05) is 0 Å². The van der Waals surface area contributed by atoms with Crippen LogP contribution >= 0.6 is 0 Å². The first-order valence-corrected chi connectivity index (χ1v) is 12.9. The van der Waals surface area contributed by atoms with Gasteiger partial charge in [0.05, 0.1) is 15.2 Å². The molecule has 1 aliphatic heterocycles. The van der Waals surface area contributed by atoms with Crippen LogP contribution in [0.1, 0.15) is 64.8 Å². The van der Waals surface area contributed by atoms with Crippen molar-refractivity contribution in [3.05, 3.63) is 59.2 Å². The van der Waals surface area contributed by atoms with Crippen molar-refractivity contribution in [3.63, 3.8) is 0 Å². The summed E-state index contributed by atoms with van der Waals surface area (Å²) in [5.74, 6) is 0.649. The van der Waals surface area contributed by atoms with E-state index < -0.39 is 26.9 Å². The largest absolute Gasteiger partial charge is 0.289 e. The molecule has 4 aliphatic carbocycles. The Labute approximate surface area is 191 Å². The fourth-order valence-corrected chi connectivity index (χ4v) is 8.61. The zero-order chi connectivity index (χ0) is 23.0. The zero-order valence-corrected chi connectivity index (χ0v) is 18.8. The normalized spacial score (nSPS) is 30.3. The summed E-state index contributed by atoms with van der Waals surface area (Å²) >= 11 is 0. The van der Waals surface area contributed by atoms with Gasteiger partial charge in [0, 0.05) is 16.7 Å². The van der Waals surface area contributed by atoms with Crippen molar-refractivity contribution in [3.8, 4) is 0 Å². The van der Waals surface area contributed by atoms with E-state index in [4.69, 9.17) is 0 Å². The number of fused-ring (bicyclic) bond motifs is 2. The molecular weight excluding hydrogens is 440 g/mol. The lowest BCUT2D eigenvalue weighted by atomic mass is 9.49. The van der Waals surface area contributed by atoms with Crippen molar-refractivity contribution < 1.29 is 22.8 Å². The van der Waals surface area contributed by atoms with Crippen LogP contribution in [-0.4, -0.2) is 26.0 Å². The lowest BCUT2D eigenvalue weighted by Gasteiger charge is -2.55. The second-order valence-electron chi connectivity index (χ2n) is 10.1. The molecule has 170 valence electrons. The maximum Gasteiger partial charge on any atom is 0.269 e. The van der Waals surface area contributed by atoms with Gasteiger partial charge in [0.2, 0.25) is 15.7 Å². The molecule has 2 aromatic carbocycles. The third-order valence-electron chi connectivity index (χ3n) is 8.01. The molecule has 0 radical (unpaired) electrons. The Morgan fingerprint density at radius 3 is 2.09 bits per heavy atom. The standard InChI is InChI=1S/C25H24N2O5S/c28-22-18-3-1-2-4-20(18)33(31,32)21-10-17(5-6-19(21)22)23(29)26-27-24(30)25-11-14-7-15(12-25)9-16(8-14)13-25/h1-6,10,14-16H,7-9,11-13H2,(H,26,29)(H,27,30). The van der Waals surface area contributed by atoms with E-state index >= 15 is 0 Å². The summed E-state index contributed by atoms with van der Waals surface area (Å²) < 4.78 is 26.2. The van der Waals surface area contributed by atoms with Gasteiger partial charge in [0.25, 0.3) is 5.91 Å². The minimum atomic E-state index is -3.94. The third-order valence-corrected chi connectivity index (χ3v) is 9.86. The Morgan fingerprint density at radius 2 is 1.42 bits per heavy atom. The first-order chi connectivity index (χ1) is 15.8. The van der Waals surface area contributed by atoms with E-state index in [0.717, 1.165) is 19.3 Å². The van der Waals surface area contributed by atoms with E-state index in [-0.39, 0.29) is 32.4 Å². The quantitative estimate of drug-likeness (QED) is 0.567. The Bertz CT molecular complexity index is 1290. The number of hydrazine groups is 1. The Kier molecular flexibility index (Phi) is 4.37.